The van der Waals surface area contributed by atoms with Gasteiger partial charge in [-0.2, -0.15) is 0 Å². The SMILES string of the molecule is COC(=O)C1=Cc2sccc2CC1C(=O)OC. The topological polar surface area (TPSA) is 52.6 Å². The summed E-state index contributed by atoms with van der Waals surface area (Å²) in [4.78, 5) is 24.3. The van der Waals surface area contributed by atoms with Crippen LogP contribution in [0.2, 0.25) is 0 Å². The minimum atomic E-state index is -0.561. The number of hydrogen-bond donors (Lipinski definition) is 0. The fraction of sp³-hybridized carbons (Fsp3) is 0.333. The van der Waals surface area contributed by atoms with Crippen molar-refractivity contribution >= 4 is 29.4 Å². The van der Waals surface area contributed by atoms with Crippen LogP contribution < -0.4 is 0 Å². The number of hydrogen-bond acceptors (Lipinski definition) is 5. The molecule has 1 unspecified atom stereocenters. The zero-order chi connectivity index (χ0) is 12.4. The van der Waals surface area contributed by atoms with E-state index in [1.54, 1.807) is 17.4 Å². The molecular weight excluding hydrogens is 240 g/mol. The molecule has 0 amide bonds. The van der Waals surface area contributed by atoms with Crippen molar-refractivity contribution in [2.24, 2.45) is 5.92 Å². The molecular formula is C12H12O4S. The van der Waals surface area contributed by atoms with Crippen LogP contribution in [0.3, 0.4) is 0 Å². The molecule has 2 rings (SSSR count). The van der Waals surface area contributed by atoms with Crippen LogP contribution in [0.5, 0.6) is 0 Å². The first-order valence-corrected chi connectivity index (χ1v) is 5.99. The summed E-state index contributed by atoms with van der Waals surface area (Å²) >= 11 is 1.54. The van der Waals surface area contributed by atoms with Gasteiger partial charge >= 0.3 is 11.9 Å². The van der Waals surface area contributed by atoms with Gasteiger partial charge < -0.3 is 9.47 Å². The zero-order valence-corrected chi connectivity index (χ0v) is 10.4. The van der Waals surface area contributed by atoms with E-state index >= 15 is 0 Å². The van der Waals surface area contributed by atoms with Gasteiger partial charge in [0.05, 0.1) is 25.7 Å². The van der Waals surface area contributed by atoms with Crippen LogP contribution in [-0.4, -0.2) is 26.2 Å². The van der Waals surface area contributed by atoms with Crippen LogP contribution >= 0.6 is 11.3 Å². The van der Waals surface area contributed by atoms with E-state index in [1.807, 2.05) is 11.4 Å². The summed E-state index contributed by atoms with van der Waals surface area (Å²) < 4.78 is 9.42. The summed E-state index contributed by atoms with van der Waals surface area (Å²) in [6.45, 7) is 0. The second-order valence-electron chi connectivity index (χ2n) is 3.68. The molecule has 17 heavy (non-hydrogen) atoms. The molecule has 1 atom stereocenters. The Labute approximate surface area is 103 Å². The number of carbonyl (C=O) groups is 2. The van der Waals surface area contributed by atoms with E-state index in [0.29, 0.717) is 12.0 Å². The number of thiophene rings is 1. The Morgan fingerprint density at radius 2 is 2.12 bits per heavy atom. The van der Waals surface area contributed by atoms with Gasteiger partial charge in [0.15, 0.2) is 0 Å². The predicted molar refractivity (Wildman–Crippen MR) is 63.5 cm³/mol. The lowest BCUT2D eigenvalue weighted by Gasteiger charge is -2.20. The zero-order valence-electron chi connectivity index (χ0n) is 9.56. The van der Waals surface area contributed by atoms with Crippen molar-refractivity contribution in [3.8, 4) is 0 Å². The van der Waals surface area contributed by atoms with Crippen LogP contribution in [0.4, 0.5) is 0 Å². The molecule has 0 aliphatic heterocycles. The summed E-state index contributed by atoms with van der Waals surface area (Å²) in [5, 5.41) is 1.94. The van der Waals surface area contributed by atoms with Crippen molar-refractivity contribution in [2.45, 2.75) is 6.42 Å². The molecule has 0 N–H and O–H groups in total. The molecule has 0 radical (unpaired) electrons. The Hall–Kier alpha value is -1.62. The fourth-order valence-corrected chi connectivity index (χ4v) is 2.76. The summed E-state index contributed by atoms with van der Waals surface area (Å²) in [6, 6.07) is 1.96. The third kappa shape index (κ3) is 2.10. The fourth-order valence-electron chi connectivity index (χ4n) is 1.89. The molecule has 0 aromatic carbocycles. The largest absolute Gasteiger partial charge is 0.469 e. The molecule has 4 nitrogen and oxygen atoms in total. The molecule has 1 aromatic heterocycles. The average Bonchev–Trinajstić information content (AvgIpc) is 2.82. The number of carbonyl (C=O) groups excluding carboxylic acids is 2. The maximum atomic E-state index is 11.7. The third-order valence-electron chi connectivity index (χ3n) is 2.77. The average molecular weight is 252 g/mol. The number of esters is 2. The summed E-state index contributed by atoms with van der Waals surface area (Å²) in [7, 11) is 2.63. The normalized spacial score (nSPS) is 18.0. The summed E-state index contributed by atoms with van der Waals surface area (Å²) in [6.07, 6.45) is 2.21. The smallest absolute Gasteiger partial charge is 0.334 e. The van der Waals surface area contributed by atoms with Crippen LogP contribution in [0, 0.1) is 5.92 Å². The van der Waals surface area contributed by atoms with Gasteiger partial charge in [-0.3, -0.25) is 4.79 Å². The minimum absolute atomic E-state index is 0.370. The van der Waals surface area contributed by atoms with Gasteiger partial charge in [0.2, 0.25) is 0 Å². The molecule has 5 heteroatoms. The number of methoxy groups -OCH3 is 2. The van der Waals surface area contributed by atoms with Gasteiger partial charge in [0, 0.05) is 4.88 Å². The van der Waals surface area contributed by atoms with Crippen LogP contribution in [0.25, 0.3) is 6.08 Å². The molecule has 1 aliphatic rings. The number of ether oxygens (including phenoxy) is 2. The van der Waals surface area contributed by atoms with E-state index < -0.39 is 17.9 Å². The van der Waals surface area contributed by atoms with E-state index in [9.17, 15) is 9.59 Å². The second kappa shape index (κ2) is 4.71. The van der Waals surface area contributed by atoms with E-state index in [4.69, 9.17) is 9.47 Å². The molecule has 0 fully saturated rings. The van der Waals surface area contributed by atoms with E-state index in [2.05, 4.69) is 0 Å². The first-order chi connectivity index (χ1) is 8.17. The number of fused-ring (bicyclic) bond motifs is 1. The molecule has 0 saturated carbocycles. The molecule has 1 heterocycles. The Balaban J connectivity index is 2.41. The monoisotopic (exact) mass is 252 g/mol. The van der Waals surface area contributed by atoms with Crippen molar-refractivity contribution in [1.82, 2.24) is 0 Å². The standard InChI is InChI=1S/C12H12O4S/c1-15-11(13)8-5-7-3-4-17-10(7)6-9(8)12(14)16-2/h3-4,6,8H,5H2,1-2H3. The predicted octanol–water partition coefficient (Wildman–Crippen LogP) is 1.65. The highest BCUT2D eigenvalue weighted by Gasteiger charge is 2.33. The summed E-state index contributed by atoms with van der Waals surface area (Å²) in [5.74, 6) is -1.44. The molecule has 0 bridgehead atoms. The van der Waals surface area contributed by atoms with Crippen LogP contribution in [0.15, 0.2) is 17.0 Å². The van der Waals surface area contributed by atoms with Crippen LogP contribution in [0.1, 0.15) is 10.4 Å². The van der Waals surface area contributed by atoms with Gasteiger partial charge in [-0.1, -0.05) is 0 Å². The van der Waals surface area contributed by atoms with Crippen molar-refractivity contribution in [2.75, 3.05) is 14.2 Å². The lowest BCUT2D eigenvalue weighted by molar-refractivity contribution is -0.147. The Morgan fingerprint density at radius 3 is 2.76 bits per heavy atom. The highest BCUT2D eigenvalue weighted by molar-refractivity contribution is 7.11. The summed E-state index contributed by atoms with van der Waals surface area (Å²) in [5.41, 5.74) is 1.44. The number of rotatable bonds is 2. The first-order valence-electron chi connectivity index (χ1n) is 5.11. The molecule has 0 saturated heterocycles. The van der Waals surface area contributed by atoms with E-state index in [1.165, 1.54) is 14.2 Å². The molecule has 1 aromatic rings. The maximum Gasteiger partial charge on any atom is 0.334 e. The Morgan fingerprint density at radius 1 is 1.35 bits per heavy atom. The van der Waals surface area contributed by atoms with Crippen molar-refractivity contribution in [3.63, 3.8) is 0 Å². The minimum Gasteiger partial charge on any atom is -0.469 e. The molecule has 90 valence electrons. The molecule has 1 aliphatic carbocycles. The van der Waals surface area contributed by atoms with Gasteiger partial charge in [-0.15, -0.1) is 11.3 Å². The van der Waals surface area contributed by atoms with Crippen molar-refractivity contribution in [1.29, 1.82) is 0 Å². The lowest BCUT2D eigenvalue weighted by atomic mass is 9.87. The van der Waals surface area contributed by atoms with Gasteiger partial charge in [-0.05, 0) is 29.5 Å². The van der Waals surface area contributed by atoms with Crippen LogP contribution in [-0.2, 0) is 25.5 Å². The van der Waals surface area contributed by atoms with E-state index in [-0.39, 0.29) is 0 Å². The Bertz CT molecular complexity index is 486. The second-order valence-corrected chi connectivity index (χ2v) is 4.63. The quantitative estimate of drug-likeness (QED) is 0.751. The van der Waals surface area contributed by atoms with E-state index in [0.717, 1.165) is 10.4 Å². The van der Waals surface area contributed by atoms with Gasteiger partial charge in [-0.25, -0.2) is 4.79 Å². The highest BCUT2D eigenvalue weighted by atomic mass is 32.1. The highest BCUT2D eigenvalue weighted by Crippen LogP contribution is 2.33. The Kier molecular flexibility index (Phi) is 3.28. The first kappa shape index (κ1) is 11.9. The van der Waals surface area contributed by atoms with Crippen molar-refractivity contribution in [3.05, 3.63) is 27.5 Å². The lowest BCUT2D eigenvalue weighted by Crippen LogP contribution is -2.27. The van der Waals surface area contributed by atoms with Crippen molar-refractivity contribution < 1.29 is 19.1 Å². The maximum absolute atomic E-state index is 11.7. The third-order valence-corrected chi connectivity index (χ3v) is 3.68. The van der Waals surface area contributed by atoms with Gasteiger partial charge in [0.25, 0.3) is 0 Å². The molecule has 0 spiro atoms. The van der Waals surface area contributed by atoms with Gasteiger partial charge in [0.1, 0.15) is 0 Å².